The van der Waals surface area contributed by atoms with Crippen molar-refractivity contribution in [2.24, 2.45) is 5.73 Å². The van der Waals surface area contributed by atoms with Gasteiger partial charge in [-0.1, -0.05) is 35.5 Å². The number of benzene rings is 2. The average molecular weight is 261 g/mol. The van der Waals surface area contributed by atoms with Crippen LogP contribution in [0, 0.1) is 12.7 Å². The maximum Gasteiger partial charge on any atom is 0.127 e. The predicted molar refractivity (Wildman–Crippen MR) is 74.5 cm³/mol. The van der Waals surface area contributed by atoms with Crippen LogP contribution in [0.2, 0.25) is 0 Å². The van der Waals surface area contributed by atoms with E-state index in [1.807, 2.05) is 6.07 Å². The Kier molecular flexibility index (Phi) is 4.39. The molecule has 2 N–H and O–H groups in total. The lowest BCUT2D eigenvalue weighted by molar-refractivity contribution is 0.603. The highest BCUT2D eigenvalue weighted by molar-refractivity contribution is 7.99. The molecule has 0 spiro atoms. The molecule has 1 nitrogen and oxygen atoms in total. The topological polar surface area (TPSA) is 26.0 Å². The van der Waals surface area contributed by atoms with E-state index in [-0.39, 0.29) is 5.82 Å². The molecule has 0 radical (unpaired) electrons. The van der Waals surface area contributed by atoms with Crippen LogP contribution in [0.25, 0.3) is 0 Å². The van der Waals surface area contributed by atoms with Crippen molar-refractivity contribution >= 4 is 11.8 Å². The van der Waals surface area contributed by atoms with E-state index in [9.17, 15) is 4.39 Å². The lowest BCUT2D eigenvalue weighted by Gasteiger charge is -2.09. The molecular formula is C15H16FNS. The monoisotopic (exact) mass is 261 g/mol. The van der Waals surface area contributed by atoms with Gasteiger partial charge in [-0.25, -0.2) is 4.39 Å². The van der Waals surface area contributed by atoms with Crippen molar-refractivity contribution in [2.75, 3.05) is 6.54 Å². The highest BCUT2D eigenvalue weighted by atomic mass is 32.2. The zero-order chi connectivity index (χ0) is 13.0. The van der Waals surface area contributed by atoms with Crippen LogP contribution in [0.5, 0.6) is 0 Å². The highest BCUT2D eigenvalue weighted by Crippen LogP contribution is 2.31. The lowest BCUT2D eigenvalue weighted by Crippen LogP contribution is -2.05. The Labute approximate surface area is 111 Å². The van der Waals surface area contributed by atoms with Gasteiger partial charge in [-0.15, -0.1) is 0 Å². The van der Waals surface area contributed by atoms with Crippen LogP contribution in [0.4, 0.5) is 4.39 Å². The first kappa shape index (κ1) is 13.1. The maximum absolute atomic E-state index is 13.7. The summed E-state index contributed by atoms with van der Waals surface area (Å²) in [5.74, 6) is -0.169. The molecular weight excluding hydrogens is 245 g/mol. The van der Waals surface area contributed by atoms with E-state index in [0.29, 0.717) is 18.5 Å². The average Bonchev–Trinajstić information content (AvgIpc) is 2.36. The van der Waals surface area contributed by atoms with Crippen molar-refractivity contribution in [3.8, 4) is 0 Å². The van der Waals surface area contributed by atoms with E-state index in [4.69, 9.17) is 5.73 Å². The predicted octanol–water partition coefficient (Wildman–Crippen LogP) is 3.79. The third-order valence-electron chi connectivity index (χ3n) is 2.72. The standard InChI is InChI=1S/C15H16FNS/c1-11-5-7-12(8-6-11)18-15-4-2-3-14(16)13(15)9-10-17/h2-8H,9-10,17H2,1H3. The van der Waals surface area contributed by atoms with Crippen molar-refractivity contribution < 1.29 is 4.39 Å². The molecule has 3 heteroatoms. The summed E-state index contributed by atoms with van der Waals surface area (Å²) in [6.07, 6.45) is 0.570. The second-order valence-electron chi connectivity index (χ2n) is 4.17. The summed E-state index contributed by atoms with van der Waals surface area (Å²) in [4.78, 5) is 2.06. The van der Waals surface area contributed by atoms with Crippen molar-refractivity contribution in [1.82, 2.24) is 0 Å². The molecule has 0 aliphatic carbocycles. The van der Waals surface area contributed by atoms with Gasteiger partial charge in [0.15, 0.2) is 0 Å². The quantitative estimate of drug-likeness (QED) is 0.906. The Balaban J connectivity index is 2.28. The van der Waals surface area contributed by atoms with Crippen LogP contribution in [0.3, 0.4) is 0 Å². The van der Waals surface area contributed by atoms with Gasteiger partial charge in [0, 0.05) is 15.4 Å². The first-order valence-corrected chi connectivity index (χ1v) is 6.74. The minimum atomic E-state index is -0.169. The van der Waals surface area contributed by atoms with Gasteiger partial charge in [0.2, 0.25) is 0 Å². The fourth-order valence-corrected chi connectivity index (χ4v) is 2.75. The molecule has 94 valence electrons. The summed E-state index contributed by atoms with van der Waals surface area (Å²) in [6, 6.07) is 13.4. The third-order valence-corrected chi connectivity index (χ3v) is 3.83. The smallest absolute Gasteiger partial charge is 0.127 e. The van der Waals surface area contributed by atoms with Crippen LogP contribution in [-0.2, 0) is 6.42 Å². The molecule has 0 unspecified atom stereocenters. The molecule has 2 aromatic rings. The molecule has 2 rings (SSSR count). The number of rotatable bonds is 4. The lowest BCUT2D eigenvalue weighted by atomic mass is 10.1. The largest absolute Gasteiger partial charge is 0.330 e. The number of aryl methyl sites for hydroxylation is 1. The van der Waals surface area contributed by atoms with Gasteiger partial charge in [-0.05, 0) is 44.2 Å². The van der Waals surface area contributed by atoms with Gasteiger partial charge in [0.1, 0.15) is 5.82 Å². The second-order valence-corrected chi connectivity index (χ2v) is 5.29. The molecule has 18 heavy (non-hydrogen) atoms. The van der Waals surface area contributed by atoms with Crippen LogP contribution in [0.1, 0.15) is 11.1 Å². The zero-order valence-corrected chi connectivity index (χ0v) is 11.1. The Morgan fingerprint density at radius 1 is 1.11 bits per heavy atom. The van der Waals surface area contributed by atoms with Crippen molar-refractivity contribution in [3.63, 3.8) is 0 Å². The van der Waals surface area contributed by atoms with E-state index < -0.39 is 0 Å². The number of hydrogen-bond acceptors (Lipinski definition) is 2. The van der Waals surface area contributed by atoms with Crippen LogP contribution >= 0.6 is 11.8 Å². The molecule has 0 saturated carbocycles. The summed E-state index contributed by atoms with van der Waals surface area (Å²) in [5.41, 5.74) is 7.47. The molecule has 0 amide bonds. The molecule has 0 bridgehead atoms. The minimum Gasteiger partial charge on any atom is -0.330 e. The molecule has 0 saturated heterocycles. The molecule has 0 aliphatic heterocycles. The SMILES string of the molecule is Cc1ccc(Sc2cccc(F)c2CCN)cc1. The van der Waals surface area contributed by atoms with Crippen LogP contribution < -0.4 is 5.73 Å². The Morgan fingerprint density at radius 3 is 2.50 bits per heavy atom. The van der Waals surface area contributed by atoms with Crippen LogP contribution in [-0.4, -0.2) is 6.54 Å². The van der Waals surface area contributed by atoms with Gasteiger partial charge in [0.05, 0.1) is 0 Å². The number of halogens is 1. The van der Waals surface area contributed by atoms with E-state index >= 15 is 0 Å². The van der Waals surface area contributed by atoms with Crippen LogP contribution in [0.15, 0.2) is 52.3 Å². The first-order chi connectivity index (χ1) is 8.70. The van der Waals surface area contributed by atoms with Gasteiger partial charge < -0.3 is 5.73 Å². The Hall–Kier alpha value is -1.32. The molecule has 0 heterocycles. The Morgan fingerprint density at radius 2 is 1.83 bits per heavy atom. The van der Waals surface area contributed by atoms with E-state index in [2.05, 4.69) is 31.2 Å². The fraction of sp³-hybridized carbons (Fsp3) is 0.200. The highest BCUT2D eigenvalue weighted by Gasteiger charge is 2.08. The number of hydrogen-bond donors (Lipinski definition) is 1. The van der Waals surface area contributed by atoms with Gasteiger partial charge in [0.25, 0.3) is 0 Å². The van der Waals surface area contributed by atoms with E-state index in [1.165, 1.54) is 11.6 Å². The van der Waals surface area contributed by atoms with Gasteiger partial charge in [-0.3, -0.25) is 0 Å². The van der Waals surface area contributed by atoms with Crippen molar-refractivity contribution in [1.29, 1.82) is 0 Å². The Bertz CT molecular complexity index is 523. The third kappa shape index (κ3) is 3.12. The summed E-state index contributed by atoms with van der Waals surface area (Å²) in [5, 5.41) is 0. The van der Waals surface area contributed by atoms with Gasteiger partial charge in [-0.2, -0.15) is 0 Å². The minimum absolute atomic E-state index is 0.169. The number of nitrogens with two attached hydrogens (primary N) is 1. The summed E-state index contributed by atoms with van der Waals surface area (Å²) in [7, 11) is 0. The van der Waals surface area contributed by atoms with Gasteiger partial charge >= 0.3 is 0 Å². The molecule has 0 fully saturated rings. The molecule has 0 atom stereocenters. The molecule has 2 aromatic carbocycles. The fourth-order valence-electron chi connectivity index (χ4n) is 1.75. The van der Waals surface area contributed by atoms with Crippen molar-refractivity contribution in [2.45, 2.75) is 23.1 Å². The molecule has 0 aromatic heterocycles. The van der Waals surface area contributed by atoms with Crippen molar-refractivity contribution in [3.05, 3.63) is 59.4 Å². The summed E-state index contributed by atoms with van der Waals surface area (Å²) < 4.78 is 13.7. The second kappa shape index (κ2) is 6.03. The first-order valence-electron chi connectivity index (χ1n) is 5.92. The van der Waals surface area contributed by atoms with E-state index in [1.54, 1.807) is 17.8 Å². The normalized spacial score (nSPS) is 10.6. The summed E-state index contributed by atoms with van der Waals surface area (Å²) in [6.45, 7) is 2.51. The maximum atomic E-state index is 13.7. The van der Waals surface area contributed by atoms with E-state index in [0.717, 1.165) is 9.79 Å². The molecule has 0 aliphatic rings. The zero-order valence-electron chi connectivity index (χ0n) is 10.3. The summed E-state index contributed by atoms with van der Waals surface area (Å²) >= 11 is 1.58.